The number of primary amides is 1. The first-order valence-corrected chi connectivity index (χ1v) is 7.66. The maximum absolute atomic E-state index is 12.1. The summed E-state index contributed by atoms with van der Waals surface area (Å²) >= 11 is 0. The first kappa shape index (κ1) is 18.0. The van der Waals surface area contributed by atoms with Gasteiger partial charge < -0.3 is 21.7 Å². The van der Waals surface area contributed by atoms with Crippen LogP contribution in [0.5, 0.6) is 0 Å². The van der Waals surface area contributed by atoms with Crippen LogP contribution in [0.15, 0.2) is 42.5 Å². The van der Waals surface area contributed by atoms with Crippen LogP contribution >= 0.6 is 0 Å². The van der Waals surface area contributed by atoms with Crippen molar-refractivity contribution < 1.29 is 14.4 Å². The third-order valence-corrected chi connectivity index (χ3v) is 3.31. The second-order valence-corrected chi connectivity index (χ2v) is 5.68. The molecule has 7 nitrogen and oxygen atoms in total. The molecule has 2 aromatic rings. The van der Waals surface area contributed by atoms with Gasteiger partial charge in [-0.25, -0.2) is 4.79 Å². The minimum atomic E-state index is -0.691. The zero-order chi connectivity index (χ0) is 18.4. The van der Waals surface area contributed by atoms with E-state index in [1.807, 2.05) is 19.9 Å². The highest BCUT2D eigenvalue weighted by atomic mass is 16.2. The molecule has 130 valence electrons. The quantitative estimate of drug-likeness (QED) is 0.669. The number of anilines is 2. The van der Waals surface area contributed by atoms with E-state index in [-0.39, 0.29) is 18.4 Å². The van der Waals surface area contributed by atoms with E-state index in [4.69, 9.17) is 5.73 Å². The minimum Gasteiger partial charge on any atom is -0.351 e. The highest BCUT2D eigenvalue weighted by Crippen LogP contribution is 2.14. The van der Waals surface area contributed by atoms with Gasteiger partial charge in [-0.2, -0.15) is 0 Å². The fourth-order valence-corrected chi connectivity index (χ4v) is 2.39. The van der Waals surface area contributed by atoms with Gasteiger partial charge in [-0.05, 0) is 44.2 Å². The largest absolute Gasteiger partial charge is 0.351 e. The molecule has 0 radical (unpaired) electrons. The average molecular weight is 340 g/mol. The Balaban J connectivity index is 1.92. The van der Waals surface area contributed by atoms with Gasteiger partial charge in [-0.3, -0.25) is 9.59 Å². The lowest BCUT2D eigenvalue weighted by Gasteiger charge is -2.09. The first-order valence-electron chi connectivity index (χ1n) is 7.66. The number of hydrogen-bond donors (Lipinski definition) is 4. The van der Waals surface area contributed by atoms with Gasteiger partial charge in [0.15, 0.2) is 0 Å². The predicted octanol–water partition coefficient (Wildman–Crippen LogP) is 2.16. The zero-order valence-corrected chi connectivity index (χ0v) is 14.1. The van der Waals surface area contributed by atoms with E-state index >= 15 is 0 Å². The van der Waals surface area contributed by atoms with Crippen molar-refractivity contribution in [2.75, 3.05) is 17.2 Å². The van der Waals surface area contributed by atoms with Crippen molar-refractivity contribution in [1.29, 1.82) is 0 Å². The van der Waals surface area contributed by atoms with E-state index in [1.54, 1.807) is 36.4 Å². The molecular formula is C18H20N4O3. The molecule has 2 rings (SSSR count). The SMILES string of the molecule is Cc1cc(C)cc(C(=O)NCC(=O)Nc2cccc(NC(N)=O)c2)c1. The number of benzene rings is 2. The fraction of sp³-hybridized carbons (Fsp3) is 0.167. The molecule has 0 saturated heterocycles. The molecule has 0 aliphatic rings. The number of amides is 4. The lowest BCUT2D eigenvalue weighted by atomic mass is 10.1. The number of nitrogens with one attached hydrogen (secondary N) is 3. The average Bonchev–Trinajstić information content (AvgIpc) is 2.51. The van der Waals surface area contributed by atoms with Crippen molar-refractivity contribution in [3.63, 3.8) is 0 Å². The van der Waals surface area contributed by atoms with Crippen molar-refractivity contribution >= 4 is 29.2 Å². The van der Waals surface area contributed by atoms with E-state index in [9.17, 15) is 14.4 Å². The molecule has 5 N–H and O–H groups in total. The molecule has 0 bridgehead atoms. The standard InChI is InChI=1S/C18H20N4O3/c1-11-6-12(2)8-13(7-11)17(24)20-10-16(23)21-14-4-3-5-15(9-14)22-18(19)25/h3-9H,10H2,1-2H3,(H,20,24)(H,21,23)(H3,19,22,25). The van der Waals surface area contributed by atoms with Crippen LogP contribution < -0.4 is 21.7 Å². The van der Waals surface area contributed by atoms with Crippen LogP contribution in [0.25, 0.3) is 0 Å². The van der Waals surface area contributed by atoms with Crippen LogP contribution in [-0.2, 0) is 4.79 Å². The van der Waals surface area contributed by atoms with Crippen molar-refractivity contribution in [1.82, 2.24) is 5.32 Å². The molecule has 7 heteroatoms. The lowest BCUT2D eigenvalue weighted by Crippen LogP contribution is -2.33. The molecule has 0 spiro atoms. The van der Waals surface area contributed by atoms with Crippen molar-refractivity contribution in [3.8, 4) is 0 Å². The molecule has 0 atom stereocenters. The van der Waals surface area contributed by atoms with E-state index in [2.05, 4.69) is 16.0 Å². The van der Waals surface area contributed by atoms with E-state index in [0.717, 1.165) is 11.1 Å². The Morgan fingerprint density at radius 2 is 1.52 bits per heavy atom. The van der Waals surface area contributed by atoms with E-state index < -0.39 is 6.03 Å². The number of urea groups is 1. The molecule has 0 fully saturated rings. The molecule has 25 heavy (non-hydrogen) atoms. The van der Waals surface area contributed by atoms with Crippen LogP contribution in [0.2, 0.25) is 0 Å². The zero-order valence-electron chi connectivity index (χ0n) is 14.1. The summed E-state index contributed by atoms with van der Waals surface area (Å²) in [6.45, 7) is 3.65. The Hall–Kier alpha value is -3.35. The summed E-state index contributed by atoms with van der Waals surface area (Å²) in [5.41, 5.74) is 8.47. The second kappa shape index (κ2) is 7.96. The first-order chi connectivity index (χ1) is 11.8. The number of rotatable bonds is 5. The Kier molecular flexibility index (Phi) is 5.73. The molecule has 0 aliphatic heterocycles. The normalized spacial score (nSPS) is 10.0. The number of hydrogen-bond acceptors (Lipinski definition) is 3. The minimum absolute atomic E-state index is 0.167. The fourth-order valence-electron chi connectivity index (χ4n) is 2.39. The molecule has 0 aromatic heterocycles. The summed E-state index contributed by atoms with van der Waals surface area (Å²) in [6.07, 6.45) is 0. The number of carbonyl (C=O) groups is 3. The highest BCUT2D eigenvalue weighted by molar-refractivity contribution is 5.99. The molecule has 0 unspecified atom stereocenters. The van der Waals surface area contributed by atoms with Gasteiger partial charge in [0.25, 0.3) is 5.91 Å². The summed E-state index contributed by atoms with van der Waals surface area (Å²) in [7, 11) is 0. The highest BCUT2D eigenvalue weighted by Gasteiger charge is 2.09. The third-order valence-electron chi connectivity index (χ3n) is 3.31. The maximum Gasteiger partial charge on any atom is 0.316 e. The summed E-state index contributed by atoms with van der Waals surface area (Å²) < 4.78 is 0. The molecule has 4 amide bonds. The Bertz CT molecular complexity index is 797. The van der Waals surface area contributed by atoms with Gasteiger partial charge >= 0.3 is 6.03 Å². The van der Waals surface area contributed by atoms with Crippen molar-refractivity contribution in [2.45, 2.75) is 13.8 Å². The van der Waals surface area contributed by atoms with Crippen LogP contribution in [0.1, 0.15) is 21.5 Å². The van der Waals surface area contributed by atoms with Crippen LogP contribution in [-0.4, -0.2) is 24.4 Å². The number of aryl methyl sites for hydroxylation is 2. The van der Waals surface area contributed by atoms with Gasteiger partial charge in [-0.1, -0.05) is 23.3 Å². The van der Waals surface area contributed by atoms with Crippen LogP contribution in [0, 0.1) is 13.8 Å². The van der Waals surface area contributed by atoms with Gasteiger partial charge in [0.05, 0.1) is 6.54 Å². The summed E-state index contributed by atoms with van der Waals surface area (Å²) in [6, 6.07) is 11.3. The van der Waals surface area contributed by atoms with Gasteiger partial charge in [0, 0.05) is 16.9 Å². The molecule has 0 aliphatic carbocycles. The lowest BCUT2D eigenvalue weighted by molar-refractivity contribution is -0.115. The Morgan fingerprint density at radius 1 is 0.920 bits per heavy atom. The maximum atomic E-state index is 12.1. The van der Waals surface area contributed by atoms with Gasteiger partial charge in [-0.15, -0.1) is 0 Å². The van der Waals surface area contributed by atoms with Crippen LogP contribution in [0.3, 0.4) is 0 Å². The van der Waals surface area contributed by atoms with Crippen molar-refractivity contribution in [2.24, 2.45) is 5.73 Å². The molecule has 0 saturated carbocycles. The summed E-state index contributed by atoms with van der Waals surface area (Å²) in [5.74, 6) is -0.694. The van der Waals surface area contributed by atoms with Crippen LogP contribution in [0.4, 0.5) is 16.2 Å². The summed E-state index contributed by atoms with van der Waals surface area (Å²) in [4.78, 5) is 34.9. The second-order valence-electron chi connectivity index (χ2n) is 5.68. The van der Waals surface area contributed by atoms with Gasteiger partial charge in [0.1, 0.15) is 0 Å². The number of carbonyl (C=O) groups excluding carboxylic acids is 3. The smallest absolute Gasteiger partial charge is 0.316 e. The topological polar surface area (TPSA) is 113 Å². The van der Waals surface area contributed by atoms with E-state index in [0.29, 0.717) is 16.9 Å². The third kappa shape index (κ3) is 5.65. The van der Waals surface area contributed by atoms with E-state index in [1.165, 1.54) is 0 Å². The van der Waals surface area contributed by atoms with Crippen molar-refractivity contribution in [3.05, 3.63) is 59.2 Å². The molecular weight excluding hydrogens is 320 g/mol. The summed E-state index contributed by atoms with van der Waals surface area (Å²) in [5, 5.41) is 7.64. The molecule has 0 heterocycles. The Morgan fingerprint density at radius 3 is 2.12 bits per heavy atom. The Labute approximate surface area is 145 Å². The molecule has 2 aromatic carbocycles. The van der Waals surface area contributed by atoms with Gasteiger partial charge in [0.2, 0.25) is 5.91 Å². The predicted molar refractivity (Wildman–Crippen MR) is 96.5 cm³/mol. The monoisotopic (exact) mass is 340 g/mol. The number of nitrogens with two attached hydrogens (primary N) is 1.